The Morgan fingerprint density at radius 1 is 0.972 bits per heavy atom. The van der Waals surface area contributed by atoms with Gasteiger partial charge in [-0.15, -0.1) is 11.3 Å². The number of carbonyl (C=O) groups excluding carboxylic acids is 3. The second-order valence-corrected chi connectivity index (χ2v) is 10.7. The summed E-state index contributed by atoms with van der Waals surface area (Å²) in [5, 5.41) is 5.10. The van der Waals surface area contributed by atoms with Crippen LogP contribution in [-0.2, 0) is 27.6 Å². The highest BCUT2D eigenvalue weighted by molar-refractivity contribution is 7.92. The summed E-state index contributed by atoms with van der Waals surface area (Å²) in [5.41, 5.74) is 0.973. The maximum absolute atomic E-state index is 13.3. The molecule has 0 spiro atoms. The molecule has 1 heterocycles. The molecule has 2 aromatic carbocycles. The predicted molar refractivity (Wildman–Crippen MR) is 132 cm³/mol. The van der Waals surface area contributed by atoms with Gasteiger partial charge in [-0.1, -0.05) is 12.1 Å². The number of methoxy groups -OCH3 is 1. The number of benzene rings is 2. The summed E-state index contributed by atoms with van der Waals surface area (Å²) < 4.78 is 45.7. The zero-order valence-corrected chi connectivity index (χ0v) is 20.7. The number of para-hydroxylation sites is 1. The number of amides is 3. The smallest absolute Gasteiger partial charge is 0.413 e. The number of anilines is 2. The molecule has 188 valence electrons. The number of hydrogen-bond donors (Lipinski definition) is 3. The maximum Gasteiger partial charge on any atom is 0.413 e. The summed E-state index contributed by atoms with van der Waals surface area (Å²) in [6.45, 7) is 0. The van der Waals surface area contributed by atoms with Crippen molar-refractivity contribution in [2.24, 2.45) is 0 Å². The van der Waals surface area contributed by atoms with Gasteiger partial charge in [0.05, 0.1) is 28.8 Å². The Morgan fingerprint density at radius 3 is 2.39 bits per heavy atom. The SMILES string of the molecule is COC(=O)NC(=O)c1c(NC(=O)c2ccccc2NS(=O)(=O)c2ccc(F)cc2)sc2c1CCCC2. The maximum atomic E-state index is 13.3. The minimum Gasteiger partial charge on any atom is -0.453 e. The van der Waals surface area contributed by atoms with E-state index >= 15 is 0 Å². The van der Waals surface area contributed by atoms with Crippen molar-refractivity contribution in [1.29, 1.82) is 0 Å². The fourth-order valence-electron chi connectivity index (χ4n) is 3.86. The number of halogens is 1. The first-order valence-corrected chi connectivity index (χ1v) is 13.2. The lowest BCUT2D eigenvalue weighted by Gasteiger charge is -2.14. The zero-order valence-electron chi connectivity index (χ0n) is 19.1. The van der Waals surface area contributed by atoms with Gasteiger partial charge in [-0.3, -0.25) is 19.6 Å². The third-order valence-corrected chi connectivity index (χ3v) is 8.16. The van der Waals surface area contributed by atoms with Crippen molar-refractivity contribution in [2.75, 3.05) is 17.1 Å². The molecule has 0 fully saturated rings. The first-order valence-electron chi connectivity index (χ1n) is 10.9. The molecule has 12 heteroatoms. The summed E-state index contributed by atoms with van der Waals surface area (Å²) >= 11 is 1.25. The van der Waals surface area contributed by atoms with Gasteiger partial charge >= 0.3 is 6.09 Å². The number of sulfonamides is 1. The summed E-state index contributed by atoms with van der Waals surface area (Å²) in [6, 6.07) is 10.2. The minimum absolute atomic E-state index is 0.00112. The van der Waals surface area contributed by atoms with Crippen LogP contribution < -0.4 is 15.4 Å². The van der Waals surface area contributed by atoms with E-state index in [0.29, 0.717) is 6.42 Å². The number of ether oxygens (including phenoxy) is 1. The van der Waals surface area contributed by atoms with E-state index in [2.05, 4.69) is 20.1 Å². The lowest BCUT2D eigenvalue weighted by atomic mass is 9.95. The first kappa shape index (κ1) is 25.3. The number of imide groups is 1. The number of alkyl carbamates (subject to hydrolysis) is 1. The molecule has 1 aliphatic carbocycles. The summed E-state index contributed by atoms with van der Waals surface area (Å²) in [7, 11) is -2.97. The van der Waals surface area contributed by atoms with Crippen molar-refractivity contribution in [3.05, 3.63) is 75.9 Å². The Morgan fingerprint density at radius 2 is 1.67 bits per heavy atom. The van der Waals surface area contributed by atoms with E-state index in [9.17, 15) is 27.2 Å². The molecule has 3 amide bonds. The summed E-state index contributed by atoms with van der Waals surface area (Å²) in [5.74, 6) is -1.93. The van der Waals surface area contributed by atoms with Gasteiger partial charge in [0.2, 0.25) is 0 Å². The quantitative estimate of drug-likeness (QED) is 0.434. The van der Waals surface area contributed by atoms with Crippen molar-refractivity contribution in [3.63, 3.8) is 0 Å². The average Bonchev–Trinajstić information content (AvgIpc) is 3.22. The standard InChI is InChI=1S/C24H22FN3O6S2/c1-34-24(31)27-22(30)20-17-7-3-5-9-19(17)35-23(20)26-21(29)16-6-2-4-8-18(16)28-36(32,33)15-12-10-14(25)11-13-15/h2,4,6,8,10-13,28H,3,5,7,9H2,1H3,(H,26,29)(H,27,30,31). The van der Waals surface area contributed by atoms with Crippen LogP contribution in [0, 0.1) is 5.82 Å². The lowest BCUT2D eigenvalue weighted by molar-refractivity contribution is 0.0937. The van der Waals surface area contributed by atoms with Crippen LogP contribution >= 0.6 is 11.3 Å². The Hall–Kier alpha value is -3.77. The lowest BCUT2D eigenvalue weighted by Crippen LogP contribution is -2.31. The molecule has 0 saturated heterocycles. The topological polar surface area (TPSA) is 131 Å². The normalized spacial score (nSPS) is 12.8. The van der Waals surface area contributed by atoms with E-state index < -0.39 is 33.7 Å². The van der Waals surface area contributed by atoms with Crippen molar-refractivity contribution in [3.8, 4) is 0 Å². The van der Waals surface area contributed by atoms with Crippen LogP contribution in [0.1, 0.15) is 44.0 Å². The number of aryl methyl sites for hydroxylation is 1. The third-order valence-electron chi connectivity index (χ3n) is 5.57. The first-order chi connectivity index (χ1) is 17.2. The molecule has 9 nitrogen and oxygen atoms in total. The predicted octanol–water partition coefficient (Wildman–Crippen LogP) is 4.32. The molecular formula is C24H22FN3O6S2. The fourth-order valence-corrected chi connectivity index (χ4v) is 6.22. The summed E-state index contributed by atoms with van der Waals surface area (Å²) in [4.78, 5) is 38.5. The van der Waals surface area contributed by atoms with Crippen LogP contribution in [0.2, 0.25) is 0 Å². The van der Waals surface area contributed by atoms with Crippen LogP contribution in [0.25, 0.3) is 0 Å². The number of thiophene rings is 1. The van der Waals surface area contributed by atoms with Gasteiger partial charge in [0.15, 0.2) is 0 Å². The molecule has 4 rings (SSSR count). The molecule has 1 aliphatic rings. The third kappa shape index (κ3) is 5.39. The van der Waals surface area contributed by atoms with Crippen LogP contribution in [0.4, 0.5) is 19.9 Å². The molecule has 1 aromatic heterocycles. The van der Waals surface area contributed by atoms with E-state index in [-0.39, 0.29) is 26.7 Å². The highest BCUT2D eigenvalue weighted by Gasteiger charge is 2.28. The number of fused-ring (bicyclic) bond motifs is 1. The van der Waals surface area contributed by atoms with E-state index in [0.717, 1.165) is 61.1 Å². The van der Waals surface area contributed by atoms with E-state index in [4.69, 9.17) is 0 Å². The largest absolute Gasteiger partial charge is 0.453 e. The Bertz CT molecular complexity index is 1430. The molecule has 36 heavy (non-hydrogen) atoms. The van der Waals surface area contributed by atoms with Crippen LogP contribution in [0.15, 0.2) is 53.4 Å². The molecule has 0 aliphatic heterocycles. The second kappa shape index (κ2) is 10.5. The van der Waals surface area contributed by atoms with Gasteiger partial charge in [-0.2, -0.15) is 0 Å². The molecular weight excluding hydrogens is 509 g/mol. The van der Waals surface area contributed by atoms with Gasteiger partial charge in [-0.05, 0) is 67.6 Å². The van der Waals surface area contributed by atoms with E-state index in [1.807, 2.05) is 0 Å². The van der Waals surface area contributed by atoms with Crippen LogP contribution in [0.5, 0.6) is 0 Å². The Balaban J connectivity index is 1.64. The molecule has 3 N–H and O–H groups in total. The van der Waals surface area contributed by atoms with Crippen molar-refractivity contribution in [2.45, 2.75) is 30.6 Å². The highest BCUT2D eigenvalue weighted by Crippen LogP contribution is 2.38. The van der Waals surface area contributed by atoms with Crippen LogP contribution in [-0.4, -0.2) is 33.4 Å². The molecule has 0 radical (unpaired) electrons. The Labute approximate surface area is 210 Å². The van der Waals surface area contributed by atoms with E-state index in [1.165, 1.54) is 23.5 Å². The average molecular weight is 532 g/mol. The van der Waals surface area contributed by atoms with Crippen LogP contribution in [0.3, 0.4) is 0 Å². The van der Waals surface area contributed by atoms with Gasteiger partial charge in [0.1, 0.15) is 10.8 Å². The molecule has 0 bridgehead atoms. The monoisotopic (exact) mass is 531 g/mol. The number of carbonyl (C=O) groups is 3. The number of hydrogen-bond acceptors (Lipinski definition) is 7. The number of nitrogens with one attached hydrogen (secondary N) is 3. The molecule has 3 aromatic rings. The number of rotatable bonds is 6. The molecule has 0 unspecified atom stereocenters. The molecule has 0 atom stereocenters. The van der Waals surface area contributed by atoms with Gasteiger partial charge in [0, 0.05) is 4.88 Å². The van der Waals surface area contributed by atoms with Gasteiger partial charge in [0.25, 0.3) is 21.8 Å². The minimum atomic E-state index is -4.11. The van der Waals surface area contributed by atoms with Crippen molar-refractivity contribution in [1.82, 2.24) is 5.32 Å². The van der Waals surface area contributed by atoms with E-state index in [1.54, 1.807) is 12.1 Å². The van der Waals surface area contributed by atoms with Gasteiger partial charge in [-0.25, -0.2) is 17.6 Å². The van der Waals surface area contributed by atoms with Crippen molar-refractivity contribution < 1.29 is 31.9 Å². The van der Waals surface area contributed by atoms with Gasteiger partial charge < -0.3 is 10.1 Å². The molecule has 0 saturated carbocycles. The highest BCUT2D eigenvalue weighted by atomic mass is 32.2. The summed E-state index contributed by atoms with van der Waals surface area (Å²) in [6.07, 6.45) is 2.24. The second-order valence-electron chi connectivity index (χ2n) is 7.92. The zero-order chi connectivity index (χ0) is 25.9. The van der Waals surface area contributed by atoms with Crippen molar-refractivity contribution >= 4 is 50.0 Å². The Kier molecular flexibility index (Phi) is 7.36. The fraction of sp³-hybridized carbons (Fsp3) is 0.208.